The molecule has 170 valence electrons. The normalized spacial score (nSPS) is 16.5. The van der Waals surface area contributed by atoms with Gasteiger partial charge in [-0.15, -0.1) is 24.0 Å². The summed E-state index contributed by atoms with van der Waals surface area (Å²) < 4.78 is 10.5. The SMILES string of the molecule is CCNC(=NCCc1nc(-c2cccc(Cl)c2)no1)N1CCCC(C(=O)OCC)C1.I. The van der Waals surface area contributed by atoms with Crippen LogP contribution in [0, 0.1) is 5.92 Å². The van der Waals surface area contributed by atoms with Crippen molar-refractivity contribution in [1.29, 1.82) is 0 Å². The monoisotopic (exact) mass is 561 g/mol. The first-order valence-electron chi connectivity index (χ1n) is 10.4. The van der Waals surface area contributed by atoms with Gasteiger partial charge in [-0.2, -0.15) is 4.98 Å². The van der Waals surface area contributed by atoms with Gasteiger partial charge in [-0.05, 0) is 38.8 Å². The van der Waals surface area contributed by atoms with Crippen molar-refractivity contribution in [2.24, 2.45) is 10.9 Å². The zero-order chi connectivity index (χ0) is 21.3. The first-order valence-corrected chi connectivity index (χ1v) is 10.8. The van der Waals surface area contributed by atoms with Crippen LogP contribution >= 0.6 is 35.6 Å². The number of hydrogen-bond donors (Lipinski definition) is 1. The van der Waals surface area contributed by atoms with Crippen LogP contribution in [-0.4, -0.2) is 59.8 Å². The van der Waals surface area contributed by atoms with Crippen molar-refractivity contribution in [3.8, 4) is 11.4 Å². The molecule has 0 radical (unpaired) electrons. The van der Waals surface area contributed by atoms with Gasteiger partial charge in [-0.3, -0.25) is 9.79 Å². The lowest BCUT2D eigenvalue weighted by atomic mass is 9.98. The topological polar surface area (TPSA) is 92.9 Å². The molecule has 1 unspecified atom stereocenters. The number of hydrogen-bond acceptors (Lipinski definition) is 6. The summed E-state index contributed by atoms with van der Waals surface area (Å²) in [6.45, 7) is 6.99. The molecular formula is C21H29ClIN5O3. The maximum Gasteiger partial charge on any atom is 0.310 e. The van der Waals surface area contributed by atoms with E-state index in [4.69, 9.17) is 25.9 Å². The van der Waals surface area contributed by atoms with Gasteiger partial charge < -0.3 is 19.5 Å². The highest BCUT2D eigenvalue weighted by atomic mass is 127. The van der Waals surface area contributed by atoms with Gasteiger partial charge in [-0.25, -0.2) is 0 Å². The molecule has 1 aliphatic rings. The molecule has 0 amide bonds. The molecule has 31 heavy (non-hydrogen) atoms. The van der Waals surface area contributed by atoms with Crippen molar-refractivity contribution in [3.63, 3.8) is 0 Å². The third kappa shape index (κ3) is 7.34. The van der Waals surface area contributed by atoms with Crippen LogP contribution in [0.25, 0.3) is 11.4 Å². The molecule has 2 aromatic rings. The molecule has 1 aromatic heterocycles. The minimum atomic E-state index is -0.127. The Morgan fingerprint density at radius 1 is 1.42 bits per heavy atom. The molecule has 8 nitrogen and oxygen atoms in total. The summed E-state index contributed by atoms with van der Waals surface area (Å²) in [4.78, 5) is 23.4. The molecule has 0 aliphatic carbocycles. The largest absolute Gasteiger partial charge is 0.466 e. The van der Waals surface area contributed by atoms with E-state index in [0.29, 0.717) is 42.9 Å². The fourth-order valence-electron chi connectivity index (χ4n) is 3.41. The van der Waals surface area contributed by atoms with Crippen molar-refractivity contribution in [1.82, 2.24) is 20.4 Å². The van der Waals surface area contributed by atoms with Crippen molar-refractivity contribution >= 4 is 47.5 Å². The number of benzene rings is 1. The van der Waals surface area contributed by atoms with Crippen LogP contribution < -0.4 is 5.32 Å². The highest BCUT2D eigenvalue weighted by Gasteiger charge is 2.28. The molecule has 0 saturated carbocycles. The Bertz CT molecular complexity index is 876. The van der Waals surface area contributed by atoms with E-state index in [1.807, 2.05) is 26.0 Å². The van der Waals surface area contributed by atoms with E-state index in [-0.39, 0.29) is 35.9 Å². The maximum atomic E-state index is 12.1. The number of nitrogens with zero attached hydrogens (tertiary/aromatic N) is 4. The average Bonchev–Trinajstić information content (AvgIpc) is 3.22. The molecule has 10 heteroatoms. The summed E-state index contributed by atoms with van der Waals surface area (Å²) in [5.41, 5.74) is 0.813. The second-order valence-corrected chi connectivity index (χ2v) is 7.48. The van der Waals surface area contributed by atoms with Gasteiger partial charge in [0.05, 0.1) is 19.1 Å². The fourth-order valence-corrected chi connectivity index (χ4v) is 3.60. The highest BCUT2D eigenvalue weighted by molar-refractivity contribution is 14.0. The Labute approximate surface area is 204 Å². The van der Waals surface area contributed by atoms with E-state index in [0.717, 1.165) is 37.5 Å². The summed E-state index contributed by atoms with van der Waals surface area (Å²) in [6.07, 6.45) is 2.31. The minimum Gasteiger partial charge on any atom is -0.466 e. The van der Waals surface area contributed by atoms with Gasteiger partial charge in [0.1, 0.15) is 0 Å². The van der Waals surface area contributed by atoms with Crippen molar-refractivity contribution < 1.29 is 14.1 Å². The molecule has 0 spiro atoms. The zero-order valence-corrected chi connectivity index (χ0v) is 20.9. The summed E-state index contributed by atoms with van der Waals surface area (Å²) in [5, 5.41) is 7.96. The van der Waals surface area contributed by atoms with E-state index in [9.17, 15) is 4.79 Å². The molecule has 1 saturated heterocycles. The highest BCUT2D eigenvalue weighted by Crippen LogP contribution is 2.20. The maximum absolute atomic E-state index is 12.1. The summed E-state index contributed by atoms with van der Waals surface area (Å²) in [5.74, 6) is 1.58. The number of ether oxygens (including phenoxy) is 1. The number of nitrogens with one attached hydrogen (secondary N) is 1. The van der Waals surface area contributed by atoms with Gasteiger partial charge in [0.25, 0.3) is 0 Å². The molecule has 0 bridgehead atoms. The third-order valence-electron chi connectivity index (χ3n) is 4.81. The van der Waals surface area contributed by atoms with Crippen LogP contribution in [0.2, 0.25) is 5.02 Å². The molecule has 1 fully saturated rings. The standard InChI is InChI=1S/C21H28ClN5O3.HI/c1-3-23-21(27-12-6-8-16(14-27)20(28)29-4-2)24-11-10-18-25-19(26-30-18)15-7-5-9-17(22)13-15;/h5,7,9,13,16H,3-4,6,8,10-12,14H2,1-2H3,(H,23,24);1H. The van der Waals surface area contributed by atoms with E-state index in [2.05, 4.69) is 20.4 Å². The Hall–Kier alpha value is -1.88. The summed E-state index contributed by atoms with van der Waals surface area (Å²) >= 11 is 6.03. The second-order valence-electron chi connectivity index (χ2n) is 7.04. The number of guanidine groups is 1. The van der Waals surface area contributed by atoms with Crippen LogP contribution in [0.3, 0.4) is 0 Å². The lowest BCUT2D eigenvalue weighted by Crippen LogP contribution is -2.48. The van der Waals surface area contributed by atoms with Crippen LogP contribution in [0.15, 0.2) is 33.8 Å². The number of piperidine rings is 1. The molecule has 3 rings (SSSR count). The summed E-state index contributed by atoms with van der Waals surface area (Å²) in [7, 11) is 0. The Morgan fingerprint density at radius 3 is 3.00 bits per heavy atom. The lowest BCUT2D eigenvalue weighted by molar-refractivity contribution is -0.149. The zero-order valence-electron chi connectivity index (χ0n) is 17.8. The van der Waals surface area contributed by atoms with E-state index in [1.165, 1.54) is 0 Å². The molecule has 1 aromatic carbocycles. The Kier molecular flexibility index (Phi) is 10.5. The van der Waals surface area contributed by atoms with Gasteiger partial charge in [0.2, 0.25) is 11.7 Å². The number of esters is 1. The predicted molar refractivity (Wildman–Crippen MR) is 131 cm³/mol. The Balaban J connectivity index is 0.00000341. The van der Waals surface area contributed by atoms with Crippen LogP contribution in [0.5, 0.6) is 0 Å². The van der Waals surface area contributed by atoms with Crippen LogP contribution in [0.1, 0.15) is 32.6 Å². The van der Waals surface area contributed by atoms with Gasteiger partial charge in [0.15, 0.2) is 5.96 Å². The first-order chi connectivity index (χ1) is 14.6. The fraction of sp³-hybridized carbons (Fsp3) is 0.524. The van der Waals surface area contributed by atoms with Crippen LogP contribution in [-0.2, 0) is 16.0 Å². The summed E-state index contributed by atoms with van der Waals surface area (Å²) in [6, 6.07) is 7.34. The molecule has 2 heterocycles. The van der Waals surface area contributed by atoms with Crippen molar-refractivity contribution in [3.05, 3.63) is 35.2 Å². The van der Waals surface area contributed by atoms with E-state index < -0.39 is 0 Å². The van der Waals surface area contributed by atoms with Gasteiger partial charge in [0, 0.05) is 36.6 Å². The number of carbonyl (C=O) groups is 1. The second kappa shape index (κ2) is 12.8. The number of carbonyl (C=O) groups excluding carboxylic acids is 1. The average molecular weight is 562 g/mol. The molecule has 1 N–H and O–H groups in total. The lowest BCUT2D eigenvalue weighted by Gasteiger charge is -2.34. The van der Waals surface area contributed by atoms with Crippen molar-refractivity contribution in [2.45, 2.75) is 33.1 Å². The Morgan fingerprint density at radius 2 is 2.26 bits per heavy atom. The number of aliphatic imine (C=N–C) groups is 1. The molecule has 1 atom stereocenters. The first kappa shape index (κ1) is 25.4. The number of halogens is 2. The number of aromatic nitrogens is 2. The van der Waals surface area contributed by atoms with Crippen LogP contribution in [0.4, 0.5) is 0 Å². The van der Waals surface area contributed by atoms with E-state index in [1.54, 1.807) is 12.1 Å². The minimum absolute atomic E-state index is 0. The third-order valence-corrected chi connectivity index (χ3v) is 5.05. The van der Waals surface area contributed by atoms with Crippen molar-refractivity contribution in [2.75, 3.05) is 32.8 Å². The smallest absolute Gasteiger partial charge is 0.310 e. The van der Waals surface area contributed by atoms with Gasteiger partial charge >= 0.3 is 5.97 Å². The predicted octanol–water partition coefficient (Wildman–Crippen LogP) is 3.79. The molecule has 1 aliphatic heterocycles. The molecular weight excluding hydrogens is 533 g/mol. The number of likely N-dealkylation sites (tertiary alicyclic amines) is 1. The van der Waals surface area contributed by atoms with E-state index >= 15 is 0 Å². The number of rotatable bonds is 7. The van der Waals surface area contributed by atoms with Gasteiger partial charge in [-0.1, -0.05) is 28.9 Å². The quantitative estimate of drug-likeness (QED) is 0.238.